The lowest BCUT2D eigenvalue weighted by Gasteiger charge is -2.17. The molecule has 9 heteroatoms. The van der Waals surface area contributed by atoms with Gasteiger partial charge in [-0.1, -0.05) is 23.1 Å². The standard InChI is InChI=1S/C14H14B3N4OP/c15-9-1-3-12(19-5-9)23(22,13-4-2-10(16)6-20-13)14-8-18-11(17)7-21-14/h1-8H,15-17H2. The Labute approximate surface area is 137 Å². The van der Waals surface area contributed by atoms with Crippen molar-refractivity contribution in [2.24, 2.45) is 0 Å². The van der Waals surface area contributed by atoms with Gasteiger partial charge in [-0.15, -0.1) is 0 Å². The average Bonchev–Trinajstić information content (AvgIpc) is 2.56. The predicted molar refractivity (Wildman–Crippen MR) is 102 cm³/mol. The van der Waals surface area contributed by atoms with E-state index in [1.54, 1.807) is 36.9 Å². The molecule has 3 heterocycles. The van der Waals surface area contributed by atoms with Crippen molar-refractivity contribution < 1.29 is 4.57 Å². The van der Waals surface area contributed by atoms with Crippen LogP contribution >= 0.6 is 7.14 Å². The Morgan fingerprint density at radius 3 is 1.57 bits per heavy atom. The second-order valence-corrected chi connectivity index (χ2v) is 8.11. The largest absolute Gasteiger partial charge is 0.304 e. The van der Waals surface area contributed by atoms with E-state index >= 15 is 0 Å². The molecule has 0 radical (unpaired) electrons. The lowest BCUT2D eigenvalue weighted by atomic mass is 9.99. The molecule has 0 atom stereocenters. The summed E-state index contributed by atoms with van der Waals surface area (Å²) >= 11 is 0. The van der Waals surface area contributed by atoms with Crippen LogP contribution < -0.4 is 32.8 Å². The number of hydrogen-bond donors (Lipinski definition) is 0. The average molecular weight is 318 g/mol. The van der Waals surface area contributed by atoms with Gasteiger partial charge in [-0.05, 0) is 12.1 Å². The van der Waals surface area contributed by atoms with Crippen molar-refractivity contribution in [3.8, 4) is 0 Å². The smallest absolute Gasteiger partial charge is 0.224 e. The second-order valence-electron chi connectivity index (χ2n) is 5.51. The number of nitrogens with zero attached hydrogens (tertiary/aromatic N) is 4. The molecule has 110 valence electrons. The van der Waals surface area contributed by atoms with E-state index in [4.69, 9.17) is 0 Å². The van der Waals surface area contributed by atoms with Gasteiger partial charge in [-0.2, -0.15) is 0 Å². The predicted octanol–water partition coefficient (Wildman–Crippen LogP) is -4.32. The van der Waals surface area contributed by atoms with E-state index in [9.17, 15) is 4.57 Å². The molecule has 0 unspecified atom stereocenters. The minimum Gasteiger partial charge on any atom is -0.304 e. The Morgan fingerprint density at radius 2 is 1.17 bits per heavy atom. The van der Waals surface area contributed by atoms with Gasteiger partial charge in [0, 0.05) is 24.2 Å². The van der Waals surface area contributed by atoms with Gasteiger partial charge in [0.05, 0.1) is 6.20 Å². The lowest BCUT2D eigenvalue weighted by molar-refractivity contribution is 0.591. The highest BCUT2D eigenvalue weighted by molar-refractivity contribution is 7.84. The lowest BCUT2D eigenvalue weighted by Crippen LogP contribution is -2.33. The molecular weight excluding hydrogens is 304 g/mol. The van der Waals surface area contributed by atoms with Crippen molar-refractivity contribution in [3.05, 3.63) is 49.1 Å². The maximum absolute atomic E-state index is 13.9. The van der Waals surface area contributed by atoms with E-state index in [0.717, 1.165) is 16.5 Å². The van der Waals surface area contributed by atoms with Gasteiger partial charge in [0.2, 0.25) is 7.14 Å². The maximum atomic E-state index is 13.9. The molecule has 0 aliphatic carbocycles. The summed E-state index contributed by atoms with van der Waals surface area (Å²) in [5.41, 5.74) is 4.12. The molecule has 0 aliphatic rings. The maximum Gasteiger partial charge on any atom is 0.224 e. The zero-order valence-corrected chi connectivity index (χ0v) is 14.2. The first-order valence-electron chi connectivity index (χ1n) is 7.26. The van der Waals surface area contributed by atoms with E-state index in [2.05, 4.69) is 19.9 Å². The van der Waals surface area contributed by atoms with Crippen molar-refractivity contribution >= 4 is 63.5 Å². The van der Waals surface area contributed by atoms with Crippen molar-refractivity contribution in [2.45, 2.75) is 0 Å². The van der Waals surface area contributed by atoms with Gasteiger partial charge in [-0.3, -0.25) is 15.0 Å². The van der Waals surface area contributed by atoms with Crippen molar-refractivity contribution in [1.82, 2.24) is 19.9 Å². The highest BCUT2D eigenvalue weighted by Gasteiger charge is 2.34. The monoisotopic (exact) mass is 318 g/mol. The van der Waals surface area contributed by atoms with Crippen LogP contribution in [-0.4, -0.2) is 43.5 Å². The summed E-state index contributed by atoms with van der Waals surface area (Å²) in [5.74, 6) is 0. The number of hydrogen-bond acceptors (Lipinski definition) is 5. The molecule has 5 nitrogen and oxygen atoms in total. The molecule has 0 aromatic carbocycles. The molecule has 3 rings (SSSR count). The van der Waals surface area contributed by atoms with E-state index in [1.165, 1.54) is 0 Å². The third kappa shape index (κ3) is 2.99. The molecule has 0 saturated carbocycles. The van der Waals surface area contributed by atoms with Crippen LogP contribution in [0.25, 0.3) is 0 Å². The summed E-state index contributed by atoms with van der Waals surface area (Å²) in [6.07, 6.45) is 6.58. The number of aromatic nitrogens is 4. The van der Waals surface area contributed by atoms with Gasteiger partial charge < -0.3 is 4.57 Å². The van der Waals surface area contributed by atoms with E-state index < -0.39 is 7.14 Å². The molecular formula is C14H14B3N4OP. The third-order valence-electron chi connectivity index (χ3n) is 3.53. The third-order valence-corrected chi connectivity index (χ3v) is 6.22. The van der Waals surface area contributed by atoms with Gasteiger partial charge in [0.1, 0.15) is 32.0 Å². The van der Waals surface area contributed by atoms with Crippen LogP contribution in [0.15, 0.2) is 49.1 Å². The molecule has 3 aromatic rings. The molecule has 0 fully saturated rings. The van der Waals surface area contributed by atoms with Crippen LogP contribution in [0.3, 0.4) is 0 Å². The van der Waals surface area contributed by atoms with Crippen molar-refractivity contribution in [2.75, 3.05) is 0 Å². The zero-order valence-electron chi connectivity index (χ0n) is 13.3. The van der Waals surface area contributed by atoms with E-state index in [0.29, 0.717) is 16.3 Å². The first-order valence-corrected chi connectivity index (χ1v) is 8.96. The summed E-state index contributed by atoms with van der Waals surface area (Å²) in [5, 5.41) is 0. The second kappa shape index (κ2) is 6.13. The number of pyridine rings is 2. The summed E-state index contributed by atoms with van der Waals surface area (Å²) in [7, 11) is 2.50. The molecule has 0 bridgehead atoms. The van der Waals surface area contributed by atoms with Crippen molar-refractivity contribution in [1.29, 1.82) is 0 Å². The quantitative estimate of drug-likeness (QED) is 0.361. The molecule has 0 spiro atoms. The van der Waals surface area contributed by atoms with Gasteiger partial charge >= 0.3 is 0 Å². The minimum atomic E-state index is -3.23. The van der Waals surface area contributed by atoms with Gasteiger partial charge in [0.15, 0.2) is 7.85 Å². The molecule has 0 aliphatic heterocycles. The minimum absolute atomic E-state index is 0.399. The van der Waals surface area contributed by atoms with Crippen LogP contribution in [0.1, 0.15) is 0 Å². The Hall–Kier alpha value is -2.20. The highest BCUT2D eigenvalue weighted by Crippen LogP contribution is 2.39. The van der Waals surface area contributed by atoms with Crippen LogP contribution in [0.5, 0.6) is 0 Å². The Bertz CT molecular complexity index is 752. The number of rotatable bonds is 3. The van der Waals surface area contributed by atoms with Crippen LogP contribution in [0, 0.1) is 0 Å². The van der Waals surface area contributed by atoms with Gasteiger partial charge in [0.25, 0.3) is 0 Å². The SMILES string of the molecule is Bc1ccc(P(=O)(c2ccc(B)cn2)c2cnc(B)cn2)nc1. The first kappa shape index (κ1) is 15.7. The van der Waals surface area contributed by atoms with Crippen LogP contribution in [0.4, 0.5) is 0 Å². The topological polar surface area (TPSA) is 68.6 Å². The molecule has 23 heavy (non-hydrogen) atoms. The summed E-state index contributed by atoms with van der Waals surface area (Å²) in [6.45, 7) is 0. The summed E-state index contributed by atoms with van der Waals surface area (Å²) < 4.78 is 13.9. The van der Waals surface area contributed by atoms with Crippen LogP contribution in [-0.2, 0) is 4.57 Å². The Kier molecular flexibility index (Phi) is 4.18. The highest BCUT2D eigenvalue weighted by atomic mass is 31.2. The Balaban J connectivity index is 2.24. The van der Waals surface area contributed by atoms with Gasteiger partial charge in [-0.25, -0.2) is 4.98 Å². The fourth-order valence-corrected chi connectivity index (χ4v) is 4.35. The fraction of sp³-hybridized carbons (Fsp3) is 0. The molecule has 3 aromatic heterocycles. The van der Waals surface area contributed by atoms with Crippen LogP contribution in [0.2, 0.25) is 0 Å². The normalized spacial score (nSPS) is 11.3. The Morgan fingerprint density at radius 1 is 0.652 bits per heavy atom. The molecule has 0 N–H and O–H groups in total. The molecule has 0 amide bonds. The van der Waals surface area contributed by atoms with E-state index in [1.807, 2.05) is 35.7 Å². The van der Waals surface area contributed by atoms with Crippen molar-refractivity contribution in [3.63, 3.8) is 0 Å². The summed E-state index contributed by atoms with van der Waals surface area (Å²) in [6, 6.07) is 7.34. The summed E-state index contributed by atoms with van der Waals surface area (Å²) in [4.78, 5) is 17.3. The zero-order chi connectivity index (χ0) is 16.4. The van der Waals surface area contributed by atoms with E-state index in [-0.39, 0.29) is 0 Å². The molecule has 0 saturated heterocycles. The first-order chi connectivity index (χ1) is 11.0. The fourth-order valence-electron chi connectivity index (χ4n) is 2.19.